The highest BCUT2D eigenvalue weighted by Crippen LogP contribution is 2.24. The van der Waals surface area contributed by atoms with Crippen LogP contribution in [0.5, 0.6) is 0 Å². The van der Waals surface area contributed by atoms with Gasteiger partial charge >= 0.3 is 0 Å². The summed E-state index contributed by atoms with van der Waals surface area (Å²) in [4.78, 5) is 12.8. The molecule has 1 N–H and O–H groups in total. The molecule has 0 aromatic heterocycles. The molecule has 1 atom stereocenters. The van der Waals surface area contributed by atoms with Gasteiger partial charge in [-0.25, -0.2) is 8.42 Å². The number of halogens is 2. The number of rotatable bonds is 7. The highest BCUT2D eigenvalue weighted by atomic mass is 35.5. The van der Waals surface area contributed by atoms with Gasteiger partial charge in [-0.2, -0.15) is 0 Å². The average Bonchev–Trinajstić information content (AvgIpc) is 2.58. The van der Waals surface area contributed by atoms with Crippen molar-refractivity contribution in [2.75, 3.05) is 10.6 Å². The fourth-order valence-electron chi connectivity index (χ4n) is 2.72. The van der Waals surface area contributed by atoms with Crippen molar-refractivity contribution in [2.45, 2.75) is 32.9 Å². The van der Waals surface area contributed by atoms with E-state index in [1.54, 1.807) is 37.3 Å². The Kier molecular flexibility index (Phi) is 7.14. The molecule has 2 rings (SSSR count). The number of aryl methyl sites for hydroxylation is 1. The number of carbonyl (C=O) groups is 1. The molecule has 0 saturated carbocycles. The van der Waals surface area contributed by atoms with Crippen LogP contribution in [0.15, 0.2) is 42.5 Å². The Morgan fingerprint density at radius 1 is 1.15 bits per heavy atom. The lowest BCUT2D eigenvalue weighted by molar-refractivity contribution is -0.122. The molecule has 1 amide bonds. The quantitative estimate of drug-likeness (QED) is 0.719. The van der Waals surface area contributed by atoms with E-state index in [2.05, 4.69) is 5.32 Å². The second-order valence-corrected chi connectivity index (χ2v) is 8.98. The number of hydrogen-bond acceptors (Lipinski definition) is 3. The van der Waals surface area contributed by atoms with E-state index in [4.69, 9.17) is 23.2 Å². The minimum absolute atomic E-state index is 0.177. The summed E-state index contributed by atoms with van der Waals surface area (Å²) < 4.78 is 26.0. The zero-order valence-corrected chi connectivity index (χ0v) is 17.7. The second-order valence-electron chi connectivity index (χ2n) is 6.27. The first-order valence-electron chi connectivity index (χ1n) is 8.41. The van der Waals surface area contributed by atoms with Gasteiger partial charge in [0, 0.05) is 16.6 Å². The summed E-state index contributed by atoms with van der Waals surface area (Å²) in [5, 5.41) is 3.71. The molecule has 0 spiro atoms. The van der Waals surface area contributed by atoms with Crippen molar-refractivity contribution in [3.63, 3.8) is 0 Å². The Hall–Kier alpha value is -1.76. The number of nitrogens with one attached hydrogen (secondary N) is 1. The van der Waals surface area contributed by atoms with Crippen molar-refractivity contribution >= 4 is 44.8 Å². The van der Waals surface area contributed by atoms with E-state index >= 15 is 0 Å². The molecule has 0 bridgehead atoms. The van der Waals surface area contributed by atoms with E-state index in [1.807, 2.05) is 19.1 Å². The van der Waals surface area contributed by atoms with E-state index < -0.39 is 22.0 Å². The van der Waals surface area contributed by atoms with E-state index in [1.165, 1.54) is 0 Å². The van der Waals surface area contributed by atoms with Crippen LogP contribution in [0.1, 0.15) is 24.5 Å². The molecular weight excluding hydrogens is 407 g/mol. The molecule has 0 aliphatic heterocycles. The van der Waals surface area contributed by atoms with E-state index in [0.29, 0.717) is 27.7 Å². The summed E-state index contributed by atoms with van der Waals surface area (Å²) in [6, 6.07) is 11.1. The number of nitrogens with zero attached hydrogens (tertiary/aromatic N) is 1. The number of carbonyl (C=O) groups excluding carboxylic acids is 1. The van der Waals surface area contributed by atoms with Crippen LogP contribution in [0.4, 0.5) is 5.69 Å². The maximum Gasteiger partial charge on any atom is 0.244 e. The topological polar surface area (TPSA) is 66.5 Å². The largest absolute Gasteiger partial charge is 0.350 e. The molecule has 0 saturated heterocycles. The SMILES string of the molecule is CCC(C(=O)NCc1ccc(Cl)cc1Cl)N(c1ccc(C)cc1)S(C)(=O)=O. The van der Waals surface area contributed by atoms with Crippen molar-refractivity contribution in [3.05, 3.63) is 63.6 Å². The Balaban J connectivity index is 2.25. The Morgan fingerprint density at radius 3 is 2.30 bits per heavy atom. The lowest BCUT2D eigenvalue weighted by Gasteiger charge is -2.30. The molecule has 0 heterocycles. The van der Waals surface area contributed by atoms with Crippen LogP contribution in [0.2, 0.25) is 10.0 Å². The lowest BCUT2D eigenvalue weighted by Crippen LogP contribution is -2.49. The summed E-state index contributed by atoms with van der Waals surface area (Å²) in [7, 11) is -3.65. The molecule has 146 valence electrons. The zero-order valence-electron chi connectivity index (χ0n) is 15.4. The molecule has 1 unspecified atom stereocenters. The summed E-state index contributed by atoms with van der Waals surface area (Å²) in [6.07, 6.45) is 1.42. The molecule has 2 aromatic rings. The van der Waals surface area contributed by atoms with Crippen molar-refractivity contribution in [1.29, 1.82) is 0 Å². The van der Waals surface area contributed by atoms with E-state index in [0.717, 1.165) is 16.1 Å². The predicted octanol–water partition coefficient (Wildman–Crippen LogP) is 4.16. The summed E-state index contributed by atoms with van der Waals surface area (Å²) in [5.41, 5.74) is 2.15. The fraction of sp³-hybridized carbons (Fsp3) is 0.316. The van der Waals surface area contributed by atoms with Gasteiger partial charge in [-0.3, -0.25) is 9.10 Å². The first kappa shape index (κ1) is 21.5. The number of amides is 1. The summed E-state index contributed by atoms with van der Waals surface area (Å²) in [6.45, 7) is 3.86. The van der Waals surface area contributed by atoms with Gasteiger partial charge in [0.25, 0.3) is 0 Å². The molecule has 5 nitrogen and oxygen atoms in total. The monoisotopic (exact) mass is 428 g/mol. The third kappa shape index (κ3) is 5.61. The van der Waals surface area contributed by atoms with Crippen LogP contribution in [0, 0.1) is 6.92 Å². The second kappa shape index (κ2) is 8.95. The lowest BCUT2D eigenvalue weighted by atomic mass is 10.1. The minimum atomic E-state index is -3.65. The van der Waals surface area contributed by atoms with Gasteiger partial charge in [-0.15, -0.1) is 0 Å². The molecule has 0 aliphatic rings. The predicted molar refractivity (Wildman–Crippen MR) is 111 cm³/mol. The van der Waals surface area contributed by atoms with Crippen molar-refractivity contribution in [1.82, 2.24) is 5.32 Å². The normalized spacial score (nSPS) is 12.5. The van der Waals surface area contributed by atoms with Gasteiger partial charge in [-0.05, 0) is 43.2 Å². The first-order chi connectivity index (χ1) is 12.6. The maximum atomic E-state index is 12.8. The first-order valence-corrected chi connectivity index (χ1v) is 11.0. The van der Waals surface area contributed by atoms with Gasteiger partial charge in [-0.1, -0.05) is 53.9 Å². The van der Waals surface area contributed by atoms with Crippen molar-refractivity contribution in [3.8, 4) is 0 Å². The van der Waals surface area contributed by atoms with Crippen LogP contribution < -0.4 is 9.62 Å². The maximum absolute atomic E-state index is 12.8. The zero-order chi connectivity index (χ0) is 20.2. The van der Waals surface area contributed by atoms with Crippen LogP contribution in [-0.2, 0) is 21.4 Å². The molecule has 0 fully saturated rings. The highest BCUT2D eigenvalue weighted by Gasteiger charge is 2.31. The van der Waals surface area contributed by atoms with Crippen LogP contribution in [0.25, 0.3) is 0 Å². The van der Waals surface area contributed by atoms with Crippen molar-refractivity contribution in [2.24, 2.45) is 0 Å². The number of benzene rings is 2. The molecule has 27 heavy (non-hydrogen) atoms. The Morgan fingerprint density at radius 2 is 1.78 bits per heavy atom. The molecule has 0 radical (unpaired) electrons. The third-order valence-corrected chi connectivity index (χ3v) is 5.85. The number of anilines is 1. The fourth-order valence-corrected chi connectivity index (χ4v) is 4.40. The van der Waals surface area contributed by atoms with Crippen LogP contribution >= 0.6 is 23.2 Å². The van der Waals surface area contributed by atoms with Gasteiger partial charge < -0.3 is 5.32 Å². The standard InChI is InChI=1S/C19H22Cl2N2O3S/c1-4-18(19(24)22-12-14-7-8-15(20)11-17(14)21)23(27(3,25)26)16-9-5-13(2)6-10-16/h5-11,18H,4,12H2,1-3H3,(H,22,24). The third-order valence-electron chi connectivity index (χ3n) is 4.09. The average molecular weight is 429 g/mol. The highest BCUT2D eigenvalue weighted by molar-refractivity contribution is 7.92. The number of sulfonamides is 1. The van der Waals surface area contributed by atoms with Gasteiger partial charge in [0.15, 0.2) is 0 Å². The van der Waals surface area contributed by atoms with E-state index in [9.17, 15) is 13.2 Å². The summed E-state index contributed by atoms with van der Waals surface area (Å²) >= 11 is 12.0. The van der Waals surface area contributed by atoms with Gasteiger partial charge in [0.1, 0.15) is 6.04 Å². The Bertz CT molecular complexity index is 915. The summed E-state index contributed by atoms with van der Waals surface area (Å²) in [5.74, 6) is -0.394. The molecular formula is C19H22Cl2N2O3S. The van der Waals surface area contributed by atoms with Gasteiger partial charge in [0.2, 0.25) is 15.9 Å². The van der Waals surface area contributed by atoms with Crippen LogP contribution in [-0.4, -0.2) is 26.6 Å². The van der Waals surface area contributed by atoms with Gasteiger partial charge in [0.05, 0.1) is 11.9 Å². The minimum Gasteiger partial charge on any atom is -0.350 e. The van der Waals surface area contributed by atoms with E-state index in [-0.39, 0.29) is 6.54 Å². The molecule has 8 heteroatoms. The molecule has 0 aliphatic carbocycles. The van der Waals surface area contributed by atoms with Crippen LogP contribution in [0.3, 0.4) is 0 Å². The Labute approximate surface area is 170 Å². The molecule has 2 aromatic carbocycles. The van der Waals surface area contributed by atoms with Crippen molar-refractivity contribution < 1.29 is 13.2 Å². The number of hydrogen-bond donors (Lipinski definition) is 1. The smallest absolute Gasteiger partial charge is 0.244 e.